The summed E-state index contributed by atoms with van der Waals surface area (Å²) in [7, 11) is 0. The normalized spacial score (nSPS) is 16.4. The summed E-state index contributed by atoms with van der Waals surface area (Å²) >= 11 is 0. The molecule has 0 saturated carbocycles. The Balaban J connectivity index is 1.87. The highest BCUT2D eigenvalue weighted by atomic mass is 19.3. The molecule has 128 valence electrons. The molecule has 0 bridgehead atoms. The van der Waals surface area contributed by atoms with Crippen molar-refractivity contribution in [3.8, 4) is 5.88 Å². The fraction of sp³-hybridized carbons (Fsp3) is 0.571. The minimum Gasteiger partial charge on any atom is -0.471 e. The number of rotatable bonds is 6. The molecule has 1 saturated heterocycles. The van der Waals surface area contributed by atoms with E-state index in [1.807, 2.05) is 0 Å². The van der Waals surface area contributed by atoms with Gasteiger partial charge in [-0.25, -0.2) is 13.8 Å². The number of nitrogens with zero attached hydrogens (tertiary/aromatic N) is 1. The second-order valence-corrected chi connectivity index (χ2v) is 5.23. The van der Waals surface area contributed by atoms with Gasteiger partial charge in [-0.05, 0) is 32.0 Å². The van der Waals surface area contributed by atoms with Crippen LogP contribution in [0.15, 0.2) is 18.3 Å². The molecular formula is C14H17F4N3O2. The Labute approximate surface area is 130 Å². The van der Waals surface area contributed by atoms with Crippen LogP contribution in [0.25, 0.3) is 0 Å². The number of carbonyl (C=O) groups is 1. The van der Waals surface area contributed by atoms with Crippen molar-refractivity contribution in [1.82, 2.24) is 15.6 Å². The zero-order valence-electron chi connectivity index (χ0n) is 12.2. The van der Waals surface area contributed by atoms with Crippen LogP contribution < -0.4 is 15.4 Å². The minimum atomic E-state index is -4.24. The van der Waals surface area contributed by atoms with Crippen molar-refractivity contribution in [2.75, 3.05) is 19.7 Å². The standard InChI is InChI=1S/C14H17F4N3O2/c15-13(16)14(17,18)8-23-11-2-1-9(7-20-11)12(22)21-10-3-5-19-6-4-10/h1-2,7,10,13,19H,3-6,8H2,(H,21,22). The molecule has 9 heteroatoms. The van der Waals surface area contributed by atoms with Crippen LogP contribution in [0.2, 0.25) is 0 Å². The van der Waals surface area contributed by atoms with E-state index >= 15 is 0 Å². The van der Waals surface area contributed by atoms with Crippen LogP contribution in [-0.4, -0.2) is 49.0 Å². The maximum atomic E-state index is 12.7. The number of ether oxygens (including phenoxy) is 1. The number of hydrogen-bond donors (Lipinski definition) is 2. The number of aromatic nitrogens is 1. The Morgan fingerprint density at radius 2 is 2.09 bits per heavy atom. The van der Waals surface area contributed by atoms with Crippen LogP contribution >= 0.6 is 0 Å². The van der Waals surface area contributed by atoms with Gasteiger partial charge in [0.2, 0.25) is 5.88 Å². The van der Waals surface area contributed by atoms with E-state index in [1.54, 1.807) is 0 Å². The second-order valence-electron chi connectivity index (χ2n) is 5.23. The summed E-state index contributed by atoms with van der Waals surface area (Å²) in [6.07, 6.45) is -1.00. The molecule has 2 rings (SSSR count). The predicted molar refractivity (Wildman–Crippen MR) is 74.0 cm³/mol. The second kappa shape index (κ2) is 7.58. The molecule has 1 aromatic heterocycles. The lowest BCUT2D eigenvalue weighted by Crippen LogP contribution is -2.42. The molecule has 1 aliphatic rings. The molecule has 0 aliphatic carbocycles. The van der Waals surface area contributed by atoms with Gasteiger partial charge < -0.3 is 15.4 Å². The highest BCUT2D eigenvalue weighted by Crippen LogP contribution is 2.23. The summed E-state index contributed by atoms with van der Waals surface area (Å²) in [4.78, 5) is 15.7. The Morgan fingerprint density at radius 1 is 1.39 bits per heavy atom. The average Bonchev–Trinajstić information content (AvgIpc) is 2.54. The van der Waals surface area contributed by atoms with Gasteiger partial charge in [0.1, 0.15) is 0 Å². The van der Waals surface area contributed by atoms with E-state index in [1.165, 1.54) is 12.1 Å². The molecular weight excluding hydrogens is 318 g/mol. The molecule has 0 atom stereocenters. The van der Waals surface area contributed by atoms with Crippen LogP contribution in [-0.2, 0) is 0 Å². The van der Waals surface area contributed by atoms with Crippen molar-refractivity contribution < 1.29 is 27.1 Å². The SMILES string of the molecule is O=C(NC1CCNCC1)c1ccc(OCC(F)(F)C(F)F)nc1. The molecule has 5 nitrogen and oxygen atoms in total. The molecule has 2 heterocycles. The summed E-state index contributed by atoms with van der Waals surface area (Å²) in [6.45, 7) is 0.181. The highest BCUT2D eigenvalue weighted by molar-refractivity contribution is 5.94. The summed E-state index contributed by atoms with van der Waals surface area (Å²) in [6, 6.07) is 2.61. The van der Waals surface area contributed by atoms with Crippen molar-refractivity contribution >= 4 is 5.91 Å². The molecule has 1 fully saturated rings. The van der Waals surface area contributed by atoms with E-state index in [2.05, 4.69) is 20.4 Å². The van der Waals surface area contributed by atoms with E-state index in [-0.39, 0.29) is 23.4 Å². The third-order valence-corrected chi connectivity index (χ3v) is 3.40. The van der Waals surface area contributed by atoms with Gasteiger partial charge in [0.25, 0.3) is 5.91 Å². The molecule has 0 aromatic carbocycles. The van der Waals surface area contributed by atoms with Gasteiger partial charge in [-0.1, -0.05) is 0 Å². The van der Waals surface area contributed by atoms with E-state index in [0.29, 0.717) is 0 Å². The fourth-order valence-electron chi connectivity index (χ4n) is 2.07. The first-order chi connectivity index (χ1) is 10.9. The van der Waals surface area contributed by atoms with Crippen LogP contribution in [0.4, 0.5) is 17.6 Å². The molecule has 0 radical (unpaired) electrons. The number of hydrogen-bond acceptors (Lipinski definition) is 4. The first-order valence-corrected chi connectivity index (χ1v) is 7.15. The maximum absolute atomic E-state index is 12.7. The number of piperidine rings is 1. The lowest BCUT2D eigenvalue weighted by Gasteiger charge is -2.23. The first kappa shape index (κ1) is 17.5. The Bertz CT molecular complexity index is 519. The molecule has 2 N–H and O–H groups in total. The highest BCUT2D eigenvalue weighted by Gasteiger charge is 2.41. The van der Waals surface area contributed by atoms with Crippen LogP contribution in [0, 0.1) is 0 Å². The molecule has 23 heavy (non-hydrogen) atoms. The largest absolute Gasteiger partial charge is 0.471 e. The van der Waals surface area contributed by atoms with Crippen molar-refractivity contribution in [2.24, 2.45) is 0 Å². The Morgan fingerprint density at radius 3 is 2.65 bits per heavy atom. The van der Waals surface area contributed by atoms with E-state index < -0.39 is 19.0 Å². The van der Waals surface area contributed by atoms with Gasteiger partial charge in [0.15, 0.2) is 6.61 Å². The lowest BCUT2D eigenvalue weighted by molar-refractivity contribution is -0.148. The summed E-state index contributed by atoms with van der Waals surface area (Å²) in [5.74, 6) is -4.81. The van der Waals surface area contributed by atoms with Crippen molar-refractivity contribution in [3.63, 3.8) is 0 Å². The quantitative estimate of drug-likeness (QED) is 0.779. The molecule has 0 unspecified atom stereocenters. The van der Waals surface area contributed by atoms with Gasteiger partial charge in [-0.15, -0.1) is 0 Å². The molecule has 1 amide bonds. The van der Waals surface area contributed by atoms with Crippen molar-refractivity contribution in [2.45, 2.75) is 31.2 Å². The summed E-state index contributed by atoms with van der Waals surface area (Å²) in [5.41, 5.74) is 0.247. The topological polar surface area (TPSA) is 63.2 Å². The zero-order chi connectivity index (χ0) is 16.9. The van der Waals surface area contributed by atoms with Gasteiger partial charge in [0.05, 0.1) is 5.56 Å². The lowest BCUT2D eigenvalue weighted by atomic mass is 10.1. The minimum absolute atomic E-state index is 0.0735. The monoisotopic (exact) mass is 335 g/mol. The summed E-state index contributed by atoms with van der Waals surface area (Å²) in [5, 5.41) is 6.02. The van der Waals surface area contributed by atoms with Gasteiger partial charge in [0, 0.05) is 18.3 Å². The van der Waals surface area contributed by atoms with Gasteiger partial charge in [-0.2, -0.15) is 8.78 Å². The third-order valence-electron chi connectivity index (χ3n) is 3.40. The van der Waals surface area contributed by atoms with E-state index in [4.69, 9.17) is 0 Å². The van der Waals surface area contributed by atoms with Gasteiger partial charge in [-0.3, -0.25) is 4.79 Å². The van der Waals surface area contributed by atoms with Crippen LogP contribution in [0.1, 0.15) is 23.2 Å². The predicted octanol–water partition coefficient (Wildman–Crippen LogP) is 1.84. The number of nitrogens with one attached hydrogen (secondary N) is 2. The number of pyridine rings is 1. The fourth-order valence-corrected chi connectivity index (χ4v) is 2.07. The molecule has 1 aromatic rings. The van der Waals surface area contributed by atoms with Crippen molar-refractivity contribution in [1.29, 1.82) is 0 Å². The van der Waals surface area contributed by atoms with Crippen LogP contribution in [0.5, 0.6) is 5.88 Å². The third kappa shape index (κ3) is 5.05. The number of amides is 1. The Hall–Kier alpha value is -1.90. The number of halogens is 4. The molecule has 1 aliphatic heterocycles. The van der Waals surface area contributed by atoms with Crippen molar-refractivity contribution in [3.05, 3.63) is 23.9 Å². The average molecular weight is 335 g/mol. The number of carbonyl (C=O) groups excluding carboxylic acids is 1. The van der Waals surface area contributed by atoms with Crippen LogP contribution in [0.3, 0.4) is 0 Å². The smallest absolute Gasteiger partial charge is 0.340 e. The molecule has 0 spiro atoms. The zero-order valence-corrected chi connectivity index (χ0v) is 12.2. The number of alkyl halides is 4. The Kier molecular flexibility index (Phi) is 5.75. The van der Waals surface area contributed by atoms with Gasteiger partial charge >= 0.3 is 12.3 Å². The van der Waals surface area contributed by atoms with E-state index in [9.17, 15) is 22.4 Å². The summed E-state index contributed by atoms with van der Waals surface area (Å²) < 4.78 is 54.0. The maximum Gasteiger partial charge on any atom is 0.340 e. The van der Waals surface area contributed by atoms with E-state index in [0.717, 1.165) is 32.1 Å². The first-order valence-electron chi connectivity index (χ1n) is 7.15.